The van der Waals surface area contributed by atoms with E-state index >= 15 is 0 Å². The Balaban J connectivity index is 0.000000350. The summed E-state index contributed by atoms with van der Waals surface area (Å²) in [5.74, 6) is -0.748. The minimum absolute atomic E-state index is 0.0786. The monoisotopic (exact) mass is 936 g/mol. The Hall–Kier alpha value is -4.78. The number of ketones is 1. The number of aliphatic hydroxyl groups excluding tert-OH is 1. The minimum atomic E-state index is -5.74. The maximum absolute atomic E-state index is 12.7. The van der Waals surface area contributed by atoms with Gasteiger partial charge < -0.3 is 19.1 Å². The Morgan fingerprint density at radius 3 is 1.42 bits per heavy atom. The molecular weight excluding hydrogens is 866 g/mol. The molecule has 2 N–H and O–H groups in total. The van der Waals surface area contributed by atoms with Gasteiger partial charge in [-0.1, -0.05) is 120 Å². The van der Waals surface area contributed by atoms with Crippen molar-refractivity contribution in [2.24, 2.45) is 0 Å². The van der Waals surface area contributed by atoms with Gasteiger partial charge >= 0.3 is 21.6 Å². The average molecular weight is 937 g/mol. The largest absolute Gasteiger partial charge is 0.534 e. The number of aliphatic hydroxyl groups is 2. The van der Waals surface area contributed by atoms with Crippen LogP contribution < -0.4 is 4.18 Å². The second-order valence-electron chi connectivity index (χ2n) is 17.3. The van der Waals surface area contributed by atoms with Gasteiger partial charge in [0, 0.05) is 23.7 Å². The van der Waals surface area contributed by atoms with E-state index in [1.807, 2.05) is 52.8 Å². The molecule has 0 bridgehead atoms. The van der Waals surface area contributed by atoms with E-state index in [0.29, 0.717) is 44.9 Å². The topological polar surface area (TPSA) is 127 Å². The van der Waals surface area contributed by atoms with Gasteiger partial charge in [-0.2, -0.15) is 21.6 Å². The van der Waals surface area contributed by atoms with Gasteiger partial charge in [-0.3, -0.25) is 9.59 Å². The van der Waals surface area contributed by atoms with E-state index in [9.17, 15) is 36.3 Å². The van der Waals surface area contributed by atoms with Gasteiger partial charge in [0.1, 0.15) is 12.4 Å². The summed E-state index contributed by atoms with van der Waals surface area (Å²) in [5.41, 5.74) is 4.79. The molecule has 4 rings (SSSR count). The Kier molecular flexibility index (Phi) is 20.0. The number of Topliss-reactive ketones (excluding diaryl/α,β-unsaturated/α-hetero) is 1. The second-order valence-corrected chi connectivity index (χ2v) is 18.9. The van der Waals surface area contributed by atoms with Crippen molar-refractivity contribution in [1.29, 1.82) is 0 Å². The van der Waals surface area contributed by atoms with Crippen LogP contribution in [0.2, 0.25) is 0 Å². The molecule has 66 heavy (non-hydrogen) atoms. The number of aryl methyl sites for hydroxylation is 6. The quantitative estimate of drug-likeness (QED) is 0.0480. The predicted octanol–water partition coefficient (Wildman–Crippen LogP) is 12.2. The maximum Gasteiger partial charge on any atom is 0.534 e. The van der Waals surface area contributed by atoms with E-state index < -0.39 is 26.6 Å². The Morgan fingerprint density at radius 1 is 0.621 bits per heavy atom. The number of carbonyl (C=O) groups is 2. The first kappa shape index (κ1) is 55.5. The zero-order chi connectivity index (χ0) is 49.7. The van der Waals surface area contributed by atoms with Crippen LogP contribution in [-0.4, -0.2) is 55.2 Å². The van der Waals surface area contributed by atoms with Crippen molar-refractivity contribution < 1.29 is 50.3 Å². The number of hydrogen-bond donors (Lipinski definition) is 2. The molecular formula is C54H71F3O8S. The molecule has 362 valence electrons. The van der Waals surface area contributed by atoms with Crippen LogP contribution in [0.15, 0.2) is 78.9 Å². The van der Waals surface area contributed by atoms with E-state index in [1.54, 1.807) is 12.1 Å². The number of methoxy groups -OCH3 is 1. The highest BCUT2D eigenvalue weighted by Gasteiger charge is 2.49. The molecule has 4 aromatic carbocycles. The lowest BCUT2D eigenvalue weighted by atomic mass is 9.69. The molecule has 0 atom stereocenters. The van der Waals surface area contributed by atoms with Crippen LogP contribution in [0.5, 0.6) is 5.75 Å². The summed E-state index contributed by atoms with van der Waals surface area (Å²) in [6.45, 7) is 19.9. The molecule has 0 heterocycles. The maximum atomic E-state index is 12.7. The Morgan fingerprint density at radius 2 is 1.05 bits per heavy atom. The van der Waals surface area contributed by atoms with E-state index in [2.05, 4.69) is 80.4 Å². The summed E-state index contributed by atoms with van der Waals surface area (Å²) in [5, 5.41) is 19.6. The third-order valence-electron chi connectivity index (χ3n) is 13.7. The first-order valence-corrected chi connectivity index (χ1v) is 24.4. The summed E-state index contributed by atoms with van der Waals surface area (Å²) in [7, 11) is -4.39. The standard InChI is InChI=1S/C30H42O3.C24H29F3O5S/c1-7-29(33,8-2)18-17-25-12-15-27(20-23(25)6)30(9-3,10-4)26-14-11-24(22(5)19-26)13-16-28(32)21-31;1-6-23(7-2,19-10-8-18(16(3)14-19)9-13-22(28)31-5)20-11-12-21(17(4)15-20)32-33(29,30)24(25,26)27/h11-12,14-15,17-20,31,33H,7-10,13,16,21H2,1-6H3;8,10-12,14-15H,6-7,9,13H2,1-5H3/b18-17+;. The van der Waals surface area contributed by atoms with Crippen LogP contribution in [0.1, 0.15) is 154 Å². The third kappa shape index (κ3) is 13.2. The number of alkyl halides is 3. The SMILES string of the molecule is CCC(CC)(c1ccc(CCC(=O)OC)c(C)c1)c1ccc(OS(=O)(=O)C(F)(F)F)c(C)c1.CCC(O)(/C=C/c1ccc(C(CC)(CC)c2ccc(CCC(=O)CO)c(C)c2)cc1C)CC. The summed E-state index contributed by atoms with van der Waals surface area (Å²) in [6, 6.07) is 23.9. The molecule has 0 saturated heterocycles. The third-order valence-corrected chi connectivity index (χ3v) is 14.7. The Labute approximate surface area is 391 Å². The molecule has 0 aliphatic heterocycles. The fourth-order valence-electron chi connectivity index (χ4n) is 8.80. The average Bonchev–Trinajstić information content (AvgIpc) is 3.29. The zero-order valence-electron chi connectivity index (χ0n) is 40.7. The van der Waals surface area contributed by atoms with Crippen molar-refractivity contribution in [3.05, 3.63) is 140 Å². The highest BCUT2D eigenvalue weighted by molar-refractivity contribution is 7.88. The molecule has 12 heteroatoms. The fraction of sp³-hybridized carbons (Fsp3) is 0.481. The summed E-state index contributed by atoms with van der Waals surface area (Å²) in [6.07, 6.45) is 10.7. The van der Waals surface area contributed by atoms with Crippen LogP contribution >= 0.6 is 0 Å². The van der Waals surface area contributed by atoms with Crippen LogP contribution in [0.3, 0.4) is 0 Å². The predicted molar refractivity (Wildman–Crippen MR) is 258 cm³/mol. The number of carbonyl (C=O) groups excluding carboxylic acids is 2. The van der Waals surface area contributed by atoms with Gasteiger partial charge in [0.05, 0.1) is 12.7 Å². The number of halogens is 3. The lowest BCUT2D eigenvalue weighted by Crippen LogP contribution is -2.29. The van der Waals surface area contributed by atoms with E-state index in [1.165, 1.54) is 42.4 Å². The number of esters is 1. The van der Waals surface area contributed by atoms with Gasteiger partial charge in [-0.25, -0.2) is 0 Å². The molecule has 4 aromatic rings. The van der Waals surface area contributed by atoms with Crippen molar-refractivity contribution >= 4 is 27.9 Å². The molecule has 0 amide bonds. The van der Waals surface area contributed by atoms with Crippen molar-refractivity contribution in [2.75, 3.05) is 13.7 Å². The molecule has 0 radical (unpaired) electrons. The Bertz CT molecular complexity index is 2410. The van der Waals surface area contributed by atoms with Gasteiger partial charge in [-0.15, -0.1) is 0 Å². The molecule has 0 saturated carbocycles. The van der Waals surface area contributed by atoms with E-state index in [4.69, 9.17) is 9.84 Å². The van der Waals surface area contributed by atoms with Gasteiger partial charge in [0.25, 0.3) is 0 Å². The van der Waals surface area contributed by atoms with Crippen LogP contribution in [0.25, 0.3) is 6.08 Å². The van der Waals surface area contributed by atoms with Gasteiger partial charge in [-0.05, 0) is 146 Å². The molecule has 0 unspecified atom stereocenters. The number of rotatable bonds is 21. The smallest absolute Gasteiger partial charge is 0.469 e. The van der Waals surface area contributed by atoms with Crippen molar-refractivity contribution in [3.8, 4) is 5.75 Å². The molecule has 0 aromatic heterocycles. The number of hydrogen-bond acceptors (Lipinski definition) is 8. The minimum Gasteiger partial charge on any atom is -0.469 e. The summed E-state index contributed by atoms with van der Waals surface area (Å²) in [4.78, 5) is 23.0. The fourth-order valence-corrected chi connectivity index (χ4v) is 9.32. The first-order chi connectivity index (χ1) is 31.0. The molecule has 0 fully saturated rings. The van der Waals surface area contributed by atoms with Crippen molar-refractivity contribution in [3.63, 3.8) is 0 Å². The normalized spacial score (nSPS) is 12.5. The van der Waals surface area contributed by atoms with Gasteiger partial charge in [0.15, 0.2) is 5.78 Å². The first-order valence-electron chi connectivity index (χ1n) is 23.0. The van der Waals surface area contributed by atoms with Crippen LogP contribution in [-0.2, 0) is 48.1 Å². The number of benzene rings is 4. The van der Waals surface area contributed by atoms with Crippen LogP contribution in [0, 0.1) is 27.7 Å². The lowest BCUT2D eigenvalue weighted by Gasteiger charge is -2.34. The van der Waals surface area contributed by atoms with Crippen molar-refractivity contribution in [1.82, 2.24) is 0 Å². The van der Waals surface area contributed by atoms with E-state index in [0.717, 1.165) is 46.2 Å². The molecule has 8 nitrogen and oxygen atoms in total. The highest BCUT2D eigenvalue weighted by Crippen LogP contribution is 2.43. The van der Waals surface area contributed by atoms with Crippen molar-refractivity contribution in [2.45, 2.75) is 155 Å². The zero-order valence-corrected chi connectivity index (χ0v) is 41.6. The van der Waals surface area contributed by atoms with E-state index in [-0.39, 0.29) is 41.5 Å². The van der Waals surface area contributed by atoms with Crippen LogP contribution in [0.4, 0.5) is 13.2 Å². The molecule has 0 spiro atoms. The summed E-state index contributed by atoms with van der Waals surface area (Å²) >= 11 is 0. The summed E-state index contributed by atoms with van der Waals surface area (Å²) < 4.78 is 69.9. The number of ether oxygens (including phenoxy) is 1. The molecule has 0 aliphatic carbocycles. The van der Waals surface area contributed by atoms with Gasteiger partial charge in [0.2, 0.25) is 0 Å². The molecule has 0 aliphatic rings. The lowest BCUT2D eigenvalue weighted by molar-refractivity contribution is -0.140. The second kappa shape index (κ2) is 23.8. The highest BCUT2D eigenvalue weighted by atomic mass is 32.2.